The number of carbonyl (C=O) groups is 1. The van der Waals surface area contributed by atoms with Crippen LogP contribution in [0.1, 0.15) is 23.7 Å². The average Bonchev–Trinajstić information content (AvgIpc) is 2.38. The summed E-state index contributed by atoms with van der Waals surface area (Å²) in [5.41, 5.74) is 6.30. The lowest BCUT2D eigenvalue weighted by Gasteiger charge is -2.19. The third-order valence-corrected chi connectivity index (χ3v) is 2.82. The minimum absolute atomic E-state index is 0.162. The van der Waals surface area contributed by atoms with Crippen molar-refractivity contribution in [3.63, 3.8) is 0 Å². The first kappa shape index (κ1) is 15.4. The fourth-order valence-corrected chi connectivity index (χ4v) is 1.80. The van der Waals surface area contributed by atoms with Crippen LogP contribution < -0.4 is 10.5 Å². The van der Waals surface area contributed by atoms with Gasteiger partial charge in [-0.25, -0.2) is 0 Å². The summed E-state index contributed by atoms with van der Waals surface area (Å²) < 4.78 is 5.10. The van der Waals surface area contributed by atoms with E-state index < -0.39 is 18.2 Å². The molecule has 106 valence electrons. The van der Waals surface area contributed by atoms with E-state index in [4.69, 9.17) is 15.6 Å². The molecule has 0 saturated heterocycles. The number of carboxylic acids is 1. The average molecular weight is 269 g/mol. The number of carboxylic acid groups (broad SMARTS) is 1. The number of aliphatic carboxylic acids is 1. The quantitative estimate of drug-likeness (QED) is 0.557. The standard InChI is InChI=1S/C13H19NO5/c1-19-11-6-9(13(18)10(15)4-5-14)3-2-8(11)7-12(16)17/h2-3,6,10,13,15,18H,4-5,7,14H2,1H3,(H,16,17). The number of rotatable bonds is 7. The predicted molar refractivity (Wildman–Crippen MR) is 69.0 cm³/mol. The lowest BCUT2D eigenvalue weighted by molar-refractivity contribution is -0.136. The molecule has 6 heteroatoms. The summed E-state index contributed by atoms with van der Waals surface area (Å²) in [5.74, 6) is -0.589. The van der Waals surface area contributed by atoms with E-state index in [1.807, 2.05) is 0 Å². The Balaban J connectivity index is 2.95. The highest BCUT2D eigenvalue weighted by Crippen LogP contribution is 2.26. The van der Waals surface area contributed by atoms with Gasteiger partial charge in [-0.1, -0.05) is 12.1 Å². The lowest BCUT2D eigenvalue weighted by Crippen LogP contribution is -2.21. The van der Waals surface area contributed by atoms with Crippen LogP contribution in [-0.2, 0) is 11.2 Å². The minimum Gasteiger partial charge on any atom is -0.496 e. The van der Waals surface area contributed by atoms with Gasteiger partial charge in [0.15, 0.2) is 0 Å². The molecule has 0 saturated carbocycles. The maximum atomic E-state index is 10.7. The van der Waals surface area contributed by atoms with Gasteiger partial charge in [-0.15, -0.1) is 0 Å². The van der Waals surface area contributed by atoms with Gasteiger partial charge in [-0.05, 0) is 24.6 Å². The predicted octanol–water partition coefficient (Wildman–Crippen LogP) is 0.0654. The fourth-order valence-electron chi connectivity index (χ4n) is 1.80. The Bertz CT molecular complexity index is 435. The van der Waals surface area contributed by atoms with E-state index in [-0.39, 0.29) is 19.4 Å². The van der Waals surface area contributed by atoms with Crippen molar-refractivity contribution in [2.75, 3.05) is 13.7 Å². The third kappa shape index (κ3) is 4.20. The van der Waals surface area contributed by atoms with Crippen molar-refractivity contribution < 1.29 is 24.9 Å². The molecule has 1 rings (SSSR count). The first-order chi connectivity index (χ1) is 8.99. The molecule has 0 aliphatic rings. The molecule has 0 aromatic heterocycles. The highest BCUT2D eigenvalue weighted by atomic mass is 16.5. The number of hydrogen-bond acceptors (Lipinski definition) is 5. The zero-order valence-electron chi connectivity index (χ0n) is 10.7. The summed E-state index contributed by atoms with van der Waals surface area (Å²) in [4.78, 5) is 10.7. The van der Waals surface area contributed by atoms with E-state index in [0.717, 1.165) is 0 Å². The Morgan fingerprint density at radius 2 is 2.11 bits per heavy atom. The molecule has 0 radical (unpaired) electrons. The molecule has 0 aliphatic carbocycles. The van der Waals surface area contributed by atoms with Crippen LogP contribution in [0, 0.1) is 0 Å². The van der Waals surface area contributed by atoms with Gasteiger partial charge < -0.3 is 25.8 Å². The van der Waals surface area contributed by atoms with Gasteiger partial charge in [0.1, 0.15) is 11.9 Å². The Hall–Kier alpha value is -1.63. The molecule has 0 spiro atoms. The molecule has 0 bridgehead atoms. The van der Waals surface area contributed by atoms with Crippen LogP contribution in [0.4, 0.5) is 0 Å². The Morgan fingerprint density at radius 3 is 2.63 bits per heavy atom. The molecule has 2 unspecified atom stereocenters. The molecule has 1 aromatic rings. The zero-order valence-corrected chi connectivity index (χ0v) is 10.7. The molecular weight excluding hydrogens is 250 g/mol. The SMILES string of the molecule is COc1cc(C(O)C(O)CCN)ccc1CC(=O)O. The number of aliphatic hydroxyl groups excluding tert-OH is 2. The number of benzene rings is 1. The molecular formula is C13H19NO5. The Kier molecular flexibility index (Phi) is 5.75. The van der Waals surface area contributed by atoms with E-state index in [1.54, 1.807) is 12.1 Å². The summed E-state index contributed by atoms with van der Waals surface area (Å²) in [5, 5.41) is 28.4. The van der Waals surface area contributed by atoms with Gasteiger partial charge in [0.05, 0.1) is 19.6 Å². The fraction of sp³-hybridized carbons (Fsp3) is 0.462. The van der Waals surface area contributed by atoms with Crippen molar-refractivity contribution in [2.45, 2.75) is 25.0 Å². The number of nitrogens with two attached hydrogens (primary N) is 1. The van der Waals surface area contributed by atoms with Crippen molar-refractivity contribution in [2.24, 2.45) is 5.73 Å². The van der Waals surface area contributed by atoms with E-state index in [9.17, 15) is 15.0 Å². The maximum Gasteiger partial charge on any atom is 0.307 e. The largest absolute Gasteiger partial charge is 0.496 e. The molecule has 19 heavy (non-hydrogen) atoms. The number of ether oxygens (including phenoxy) is 1. The number of hydrogen-bond donors (Lipinski definition) is 4. The topological polar surface area (TPSA) is 113 Å². The third-order valence-electron chi connectivity index (χ3n) is 2.82. The molecule has 0 amide bonds. The smallest absolute Gasteiger partial charge is 0.307 e. The van der Waals surface area contributed by atoms with Crippen molar-refractivity contribution >= 4 is 5.97 Å². The first-order valence-corrected chi connectivity index (χ1v) is 5.94. The van der Waals surface area contributed by atoms with Crippen LogP contribution >= 0.6 is 0 Å². The minimum atomic E-state index is -1.07. The van der Waals surface area contributed by atoms with Gasteiger partial charge >= 0.3 is 5.97 Å². The van der Waals surface area contributed by atoms with E-state index in [2.05, 4.69) is 0 Å². The first-order valence-electron chi connectivity index (χ1n) is 5.94. The van der Waals surface area contributed by atoms with E-state index in [0.29, 0.717) is 16.9 Å². The molecule has 5 N–H and O–H groups in total. The molecule has 0 aliphatic heterocycles. The molecule has 1 aromatic carbocycles. The van der Waals surface area contributed by atoms with Gasteiger partial charge in [0, 0.05) is 5.56 Å². The van der Waals surface area contributed by atoms with Crippen LogP contribution in [0.15, 0.2) is 18.2 Å². The molecule has 6 nitrogen and oxygen atoms in total. The lowest BCUT2D eigenvalue weighted by atomic mass is 9.99. The van der Waals surface area contributed by atoms with Crippen LogP contribution in [0.2, 0.25) is 0 Å². The molecule has 0 fully saturated rings. The molecule has 0 heterocycles. The second kappa shape index (κ2) is 7.08. The summed E-state index contributed by atoms with van der Waals surface area (Å²) in [6.45, 7) is 0.270. The second-order valence-corrected chi connectivity index (χ2v) is 4.23. The summed E-state index contributed by atoms with van der Waals surface area (Å²) in [7, 11) is 1.42. The Morgan fingerprint density at radius 1 is 1.42 bits per heavy atom. The number of aliphatic hydroxyl groups is 2. The normalized spacial score (nSPS) is 13.9. The van der Waals surface area contributed by atoms with Crippen molar-refractivity contribution in [1.82, 2.24) is 0 Å². The van der Waals surface area contributed by atoms with Crippen LogP contribution in [0.3, 0.4) is 0 Å². The Labute approximate surface area is 111 Å². The second-order valence-electron chi connectivity index (χ2n) is 4.23. The molecule has 2 atom stereocenters. The van der Waals surface area contributed by atoms with Gasteiger partial charge in [-0.2, -0.15) is 0 Å². The summed E-state index contributed by atoms with van der Waals surface area (Å²) in [6, 6.07) is 4.68. The highest BCUT2D eigenvalue weighted by molar-refractivity contribution is 5.71. The zero-order chi connectivity index (χ0) is 14.4. The van der Waals surface area contributed by atoms with Crippen LogP contribution in [0.25, 0.3) is 0 Å². The van der Waals surface area contributed by atoms with Crippen molar-refractivity contribution in [1.29, 1.82) is 0 Å². The monoisotopic (exact) mass is 269 g/mol. The van der Waals surface area contributed by atoms with Gasteiger partial charge in [-0.3, -0.25) is 4.79 Å². The van der Waals surface area contributed by atoms with E-state index >= 15 is 0 Å². The highest BCUT2D eigenvalue weighted by Gasteiger charge is 2.19. The van der Waals surface area contributed by atoms with Crippen molar-refractivity contribution in [3.05, 3.63) is 29.3 Å². The number of methoxy groups -OCH3 is 1. The van der Waals surface area contributed by atoms with E-state index in [1.165, 1.54) is 13.2 Å². The summed E-state index contributed by atoms with van der Waals surface area (Å²) >= 11 is 0. The van der Waals surface area contributed by atoms with Crippen molar-refractivity contribution in [3.8, 4) is 5.75 Å². The maximum absolute atomic E-state index is 10.7. The van der Waals surface area contributed by atoms with Crippen LogP contribution in [-0.4, -0.2) is 41.0 Å². The summed E-state index contributed by atoms with van der Waals surface area (Å²) in [6.07, 6.45) is -1.91. The van der Waals surface area contributed by atoms with Gasteiger partial charge in [0.25, 0.3) is 0 Å². The van der Waals surface area contributed by atoms with Gasteiger partial charge in [0.2, 0.25) is 0 Å². The van der Waals surface area contributed by atoms with Crippen LogP contribution in [0.5, 0.6) is 5.75 Å².